The lowest BCUT2D eigenvalue weighted by atomic mass is 10.2. The number of nitrogens with zero attached hydrogens (tertiary/aromatic N) is 4. The van der Waals surface area contributed by atoms with Gasteiger partial charge < -0.3 is 14.6 Å². The Morgan fingerprint density at radius 1 is 1.16 bits per heavy atom. The molecule has 1 aliphatic rings. The molecular weight excluding hydrogens is 432 g/mol. The van der Waals surface area contributed by atoms with E-state index in [1.807, 2.05) is 0 Å². The van der Waals surface area contributed by atoms with Crippen LogP contribution in [0.5, 0.6) is 11.5 Å². The topological polar surface area (TPSA) is 90.9 Å². The van der Waals surface area contributed by atoms with E-state index in [1.165, 1.54) is 28.6 Å². The van der Waals surface area contributed by atoms with E-state index in [0.29, 0.717) is 45.2 Å². The van der Waals surface area contributed by atoms with Crippen LogP contribution in [0.4, 0.5) is 0 Å². The third kappa shape index (κ3) is 3.83. The molecule has 0 saturated heterocycles. The Balaban J connectivity index is 1.51. The lowest BCUT2D eigenvalue weighted by molar-refractivity contribution is 0.0880. The molecule has 1 aliphatic carbocycles. The third-order valence-corrected chi connectivity index (χ3v) is 5.78. The second-order valence-electron chi connectivity index (χ2n) is 7.72. The lowest BCUT2D eigenvalue weighted by Crippen LogP contribution is -2.26. The predicted octanol–water partition coefficient (Wildman–Crippen LogP) is 3.36. The smallest absolute Gasteiger partial charge is 0.340 e. The van der Waals surface area contributed by atoms with Crippen LogP contribution in [0.25, 0.3) is 22.7 Å². The maximum atomic E-state index is 13.4. The minimum absolute atomic E-state index is 0.203. The van der Waals surface area contributed by atoms with Gasteiger partial charge in [0.15, 0.2) is 11.5 Å². The molecule has 0 spiro atoms. The molecule has 1 unspecified atom stereocenters. The molecule has 32 heavy (non-hydrogen) atoms. The number of aromatic nitrogens is 4. The Kier molecular flexibility index (Phi) is 5.32. The first-order valence-electron chi connectivity index (χ1n) is 10.3. The summed E-state index contributed by atoms with van der Waals surface area (Å²) in [5, 5.41) is 10.6. The summed E-state index contributed by atoms with van der Waals surface area (Å²) >= 11 is 5.94. The number of hydrogen-bond donors (Lipinski definition) is 1. The molecule has 3 aromatic heterocycles. The highest BCUT2D eigenvalue weighted by atomic mass is 35.5. The van der Waals surface area contributed by atoms with Crippen LogP contribution < -0.4 is 15.2 Å². The van der Waals surface area contributed by atoms with Crippen LogP contribution in [-0.4, -0.2) is 43.9 Å². The van der Waals surface area contributed by atoms with Crippen molar-refractivity contribution in [3.8, 4) is 28.6 Å². The molecular formula is C23H21ClN4O4. The molecule has 9 heteroatoms. The molecule has 3 heterocycles. The number of aliphatic hydroxyl groups is 1. The van der Waals surface area contributed by atoms with Crippen LogP contribution >= 0.6 is 11.6 Å². The number of pyridine rings is 1. The Morgan fingerprint density at radius 2 is 2.00 bits per heavy atom. The fourth-order valence-electron chi connectivity index (χ4n) is 3.62. The van der Waals surface area contributed by atoms with Gasteiger partial charge in [-0.15, -0.1) is 0 Å². The SMILES string of the molecule is COc1cc(-n2cnc3ccc(-c4ccc(Cl)cn4)n3c2=O)ccc1OCC(O)C1CC1. The summed E-state index contributed by atoms with van der Waals surface area (Å²) in [5.74, 6) is 1.29. The number of hydrogen-bond acceptors (Lipinski definition) is 6. The van der Waals surface area contributed by atoms with E-state index in [-0.39, 0.29) is 12.3 Å². The van der Waals surface area contributed by atoms with Gasteiger partial charge in [-0.05, 0) is 55.2 Å². The van der Waals surface area contributed by atoms with Crippen LogP contribution in [0.3, 0.4) is 0 Å². The molecule has 0 amide bonds. The summed E-state index contributed by atoms with van der Waals surface area (Å²) in [4.78, 5) is 22.1. The number of methoxy groups -OCH3 is 1. The highest BCUT2D eigenvalue weighted by Gasteiger charge is 2.30. The number of halogens is 1. The lowest BCUT2D eigenvalue weighted by Gasteiger charge is -2.15. The number of rotatable bonds is 7. The minimum Gasteiger partial charge on any atom is -0.493 e. The van der Waals surface area contributed by atoms with E-state index in [2.05, 4.69) is 9.97 Å². The van der Waals surface area contributed by atoms with Gasteiger partial charge in [-0.1, -0.05) is 11.6 Å². The molecule has 0 radical (unpaired) electrons. The fraction of sp³-hybridized carbons (Fsp3) is 0.261. The Hall–Kier alpha value is -3.36. The molecule has 4 aromatic rings. The summed E-state index contributed by atoms with van der Waals surface area (Å²) in [6, 6.07) is 12.2. The Morgan fingerprint density at radius 3 is 2.72 bits per heavy atom. The van der Waals surface area contributed by atoms with Crippen LogP contribution in [-0.2, 0) is 0 Å². The summed E-state index contributed by atoms with van der Waals surface area (Å²) in [6.45, 7) is 0.203. The third-order valence-electron chi connectivity index (χ3n) is 5.55. The van der Waals surface area contributed by atoms with Crippen molar-refractivity contribution >= 4 is 17.2 Å². The predicted molar refractivity (Wildman–Crippen MR) is 120 cm³/mol. The van der Waals surface area contributed by atoms with Crippen molar-refractivity contribution in [1.82, 2.24) is 18.9 Å². The summed E-state index contributed by atoms with van der Waals surface area (Å²) in [6.07, 6.45) is 4.59. The average Bonchev–Trinajstić information content (AvgIpc) is 3.57. The molecule has 5 rings (SSSR count). The largest absolute Gasteiger partial charge is 0.493 e. The molecule has 0 bridgehead atoms. The molecule has 1 N–H and O–H groups in total. The maximum Gasteiger partial charge on any atom is 0.340 e. The van der Waals surface area contributed by atoms with E-state index in [0.717, 1.165) is 12.8 Å². The summed E-state index contributed by atoms with van der Waals surface area (Å²) in [7, 11) is 1.53. The normalized spacial score (nSPS) is 14.5. The van der Waals surface area contributed by atoms with Crippen molar-refractivity contribution in [2.75, 3.05) is 13.7 Å². The molecule has 1 aromatic carbocycles. The van der Waals surface area contributed by atoms with Gasteiger partial charge in [0.1, 0.15) is 18.6 Å². The molecule has 0 aliphatic heterocycles. The van der Waals surface area contributed by atoms with Crippen LogP contribution in [0.15, 0.2) is 59.8 Å². The highest BCUT2D eigenvalue weighted by molar-refractivity contribution is 6.30. The zero-order valence-corrected chi connectivity index (χ0v) is 18.1. The quantitative estimate of drug-likeness (QED) is 0.462. The number of benzene rings is 1. The second-order valence-corrected chi connectivity index (χ2v) is 8.16. The first-order chi connectivity index (χ1) is 15.5. The van der Waals surface area contributed by atoms with Crippen molar-refractivity contribution < 1.29 is 14.6 Å². The van der Waals surface area contributed by atoms with Crippen molar-refractivity contribution in [2.24, 2.45) is 5.92 Å². The Bertz CT molecular complexity index is 1330. The van der Waals surface area contributed by atoms with Crippen LogP contribution in [0.1, 0.15) is 12.8 Å². The minimum atomic E-state index is -0.484. The van der Waals surface area contributed by atoms with Gasteiger partial charge in [0, 0.05) is 12.3 Å². The number of fused-ring (bicyclic) bond motifs is 1. The molecule has 1 saturated carbocycles. The van der Waals surface area contributed by atoms with E-state index in [1.54, 1.807) is 42.5 Å². The van der Waals surface area contributed by atoms with Crippen LogP contribution in [0, 0.1) is 5.92 Å². The number of aliphatic hydroxyl groups excluding tert-OH is 1. The Labute approximate surface area is 188 Å². The zero-order valence-electron chi connectivity index (χ0n) is 17.3. The van der Waals surface area contributed by atoms with Gasteiger partial charge in [-0.3, -0.25) is 9.55 Å². The zero-order chi connectivity index (χ0) is 22.2. The van der Waals surface area contributed by atoms with Gasteiger partial charge in [-0.2, -0.15) is 0 Å². The van der Waals surface area contributed by atoms with E-state index >= 15 is 0 Å². The average molecular weight is 453 g/mol. The van der Waals surface area contributed by atoms with Crippen molar-refractivity contribution in [3.05, 3.63) is 70.5 Å². The molecule has 1 atom stereocenters. The van der Waals surface area contributed by atoms with Gasteiger partial charge in [0.25, 0.3) is 0 Å². The van der Waals surface area contributed by atoms with E-state index < -0.39 is 6.10 Å². The van der Waals surface area contributed by atoms with Gasteiger partial charge >= 0.3 is 5.69 Å². The maximum absolute atomic E-state index is 13.4. The van der Waals surface area contributed by atoms with E-state index in [4.69, 9.17) is 21.1 Å². The molecule has 1 fully saturated rings. The standard InChI is InChI=1S/C23H21ClN4O4/c1-31-21-10-16(5-8-20(21)32-12-19(29)14-2-3-14)27-13-26-22-9-7-18(28(22)23(27)30)17-6-4-15(24)11-25-17/h4-11,13-14,19,29H,2-3,12H2,1H3. The molecule has 8 nitrogen and oxygen atoms in total. The van der Waals surface area contributed by atoms with Crippen molar-refractivity contribution in [2.45, 2.75) is 18.9 Å². The van der Waals surface area contributed by atoms with Crippen LogP contribution in [0.2, 0.25) is 5.02 Å². The van der Waals surface area contributed by atoms with E-state index in [9.17, 15) is 9.90 Å². The molecule has 164 valence electrons. The monoisotopic (exact) mass is 452 g/mol. The highest BCUT2D eigenvalue weighted by Crippen LogP contribution is 2.34. The second kappa shape index (κ2) is 8.29. The van der Waals surface area contributed by atoms with Gasteiger partial charge in [0.05, 0.1) is 35.3 Å². The first kappa shape index (κ1) is 20.5. The van der Waals surface area contributed by atoms with Crippen molar-refractivity contribution in [3.63, 3.8) is 0 Å². The fourth-order valence-corrected chi connectivity index (χ4v) is 3.74. The van der Waals surface area contributed by atoms with Crippen molar-refractivity contribution in [1.29, 1.82) is 0 Å². The first-order valence-corrected chi connectivity index (χ1v) is 10.6. The number of ether oxygens (including phenoxy) is 2. The van der Waals surface area contributed by atoms with Gasteiger partial charge in [0.2, 0.25) is 0 Å². The summed E-state index contributed by atoms with van der Waals surface area (Å²) in [5.41, 5.74) is 2.01. The summed E-state index contributed by atoms with van der Waals surface area (Å²) < 4.78 is 14.1. The van der Waals surface area contributed by atoms with Gasteiger partial charge in [-0.25, -0.2) is 14.2 Å².